The molecule has 0 saturated heterocycles. The van der Waals surface area contributed by atoms with E-state index in [0.717, 1.165) is 19.4 Å². The Bertz CT molecular complexity index is 217. The van der Waals surface area contributed by atoms with E-state index in [1.807, 2.05) is 11.8 Å². The van der Waals surface area contributed by atoms with E-state index in [9.17, 15) is 4.79 Å². The number of amides is 2. The zero-order chi connectivity index (χ0) is 14.0. The Morgan fingerprint density at radius 1 is 1.17 bits per heavy atom. The summed E-state index contributed by atoms with van der Waals surface area (Å²) in [7, 11) is 0. The van der Waals surface area contributed by atoms with Crippen LogP contribution in [0.5, 0.6) is 0 Å². The van der Waals surface area contributed by atoms with Crippen molar-refractivity contribution in [1.82, 2.24) is 10.2 Å². The molecule has 0 aliphatic heterocycles. The quantitative estimate of drug-likeness (QED) is 0.621. The number of hydrogen-bond donors (Lipinski definition) is 1. The van der Waals surface area contributed by atoms with E-state index in [1.165, 1.54) is 19.3 Å². The smallest absolute Gasteiger partial charge is 0.317 e. The van der Waals surface area contributed by atoms with Crippen LogP contribution in [0.2, 0.25) is 0 Å². The molecule has 0 aromatic rings. The van der Waals surface area contributed by atoms with Crippen LogP contribution in [-0.2, 0) is 0 Å². The second-order valence-electron chi connectivity index (χ2n) is 5.44. The first kappa shape index (κ1) is 17.3. The Morgan fingerprint density at radius 3 is 2.28 bits per heavy atom. The first-order chi connectivity index (χ1) is 8.56. The summed E-state index contributed by atoms with van der Waals surface area (Å²) in [6.45, 7) is 12.3. The van der Waals surface area contributed by atoms with Gasteiger partial charge in [-0.2, -0.15) is 0 Å². The van der Waals surface area contributed by atoms with Crippen LogP contribution >= 0.6 is 0 Å². The first-order valence-electron chi connectivity index (χ1n) is 7.61. The monoisotopic (exact) mass is 256 g/mol. The van der Waals surface area contributed by atoms with Gasteiger partial charge in [-0.1, -0.05) is 47.0 Å². The fourth-order valence-electron chi connectivity index (χ4n) is 2.25. The van der Waals surface area contributed by atoms with Crippen LogP contribution in [0.15, 0.2) is 0 Å². The molecule has 2 amide bonds. The summed E-state index contributed by atoms with van der Waals surface area (Å²) in [6.07, 6.45) is 5.91. The molecule has 1 N–H and O–H groups in total. The molecule has 0 aliphatic carbocycles. The molecular weight excluding hydrogens is 224 g/mol. The molecular formula is C15H32N2O. The van der Waals surface area contributed by atoms with E-state index in [1.54, 1.807) is 0 Å². The van der Waals surface area contributed by atoms with Crippen molar-refractivity contribution in [2.24, 2.45) is 5.92 Å². The van der Waals surface area contributed by atoms with Crippen LogP contribution in [0.4, 0.5) is 4.79 Å². The summed E-state index contributed by atoms with van der Waals surface area (Å²) in [5.74, 6) is 0.521. The molecule has 1 unspecified atom stereocenters. The van der Waals surface area contributed by atoms with Crippen LogP contribution in [0.25, 0.3) is 0 Å². The third-order valence-corrected chi connectivity index (χ3v) is 3.20. The van der Waals surface area contributed by atoms with Crippen LogP contribution in [0.3, 0.4) is 0 Å². The molecule has 0 aromatic carbocycles. The minimum atomic E-state index is 0.106. The molecule has 0 spiro atoms. The summed E-state index contributed by atoms with van der Waals surface area (Å²) in [4.78, 5) is 14.2. The van der Waals surface area contributed by atoms with Gasteiger partial charge < -0.3 is 10.2 Å². The van der Waals surface area contributed by atoms with Crippen LogP contribution in [0, 0.1) is 5.92 Å². The molecule has 108 valence electrons. The molecule has 0 radical (unpaired) electrons. The third-order valence-electron chi connectivity index (χ3n) is 3.20. The molecule has 0 saturated carbocycles. The lowest BCUT2D eigenvalue weighted by molar-refractivity contribution is 0.157. The zero-order valence-electron chi connectivity index (χ0n) is 13.0. The zero-order valence-corrected chi connectivity index (χ0v) is 13.0. The number of rotatable bonds is 9. The summed E-state index contributed by atoms with van der Waals surface area (Å²) in [5.41, 5.74) is 0. The molecule has 3 heteroatoms. The highest BCUT2D eigenvalue weighted by Crippen LogP contribution is 2.15. The predicted octanol–water partition coefficient (Wildman–Crippen LogP) is 4.03. The highest BCUT2D eigenvalue weighted by atomic mass is 16.2. The lowest BCUT2D eigenvalue weighted by atomic mass is 10.0. The van der Waals surface area contributed by atoms with E-state index < -0.39 is 0 Å². The van der Waals surface area contributed by atoms with E-state index in [0.29, 0.717) is 18.5 Å². The van der Waals surface area contributed by atoms with Gasteiger partial charge in [0.05, 0.1) is 0 Å². The number of nitrogens with zero attached hydrogens (tertiary/aromatic N) is 1. The summed E-state index contributed by atoms with van der Waals surface area (Å²) in [5, 5.41) is 2.94. The van der Waals surface area contributed by atoms with Gasteiger partial charge in [0.25, 0.3) is 0 Å². The Hall–Kier alpha value is -0.730. The molecule has 0 heterocycles. The van der Waals surface area contributed by atoms with Crippen LogP contribution < -0.4 is 5.32 Å². The molecule has 0 rings (SSSR count). The number of hydrogen-bond acceptors (Lipinski definition) is 1. The average Bonchev–Trinajstić information content (AvgIpc) is 2.32. The van der Waals surface area contributed by atoms with Gasteiger partial charge >= 0.3 is 6.03 Å². The molecule has 0 fully saturated rings. The molecule has 3 nitrogen and oxygen atoms in total. The standard InChI is InChI=1S/C15H32N2O/c1-6-9-10-11-14(7-2)17(12-13(4)5)15(18)16-8-3/h13-14H,6-12H2,1-5H3,(H,16,18). The normalized spacial score (nSPS) is 12.6. The van der Waals surface area contributed by atoms with Crippen molar-refractivity contribution in [2.75, 3.05) is 13.1 Å². The Labute approximate surface area is 113 Å². The lowest BCUT2D eigenvalue weighted by Gasteiger charge is -2.32. The number of carbonyl (C=O) groups is 1. The van der Waals surface area contributed by atoms with Crippen molar-refractivity contribution in [3.63, 3.8) is 0 Å². The maximum Gasteiger partial charge on any atom is 0.317 e. The van der Waals surface area contributed by atoms with Gasteiger partial charge in [-0.25, -0.2) is 4.79 Å². The molecule has 0 aliphatic rings. The lowest BCUT2D eigenvalue weighted by Crippen LogP contribution is -2.47. The fraction of sp³-hybridized carbons (Fsp3) is 0.933. The van der Waals surface area contributed by atoms with E-state index >= 15 is 0 Å². The van der Waals surface area contributed by atoms with E-state index in [2.05, 4.69) is 33.0 Å². The minimum absolute atomic E-state index is 0.106. The predicted molar refractivity (Wildman–Crippen MR) is 78.8 cm³/mol. The van der Waals surface area contributed by atoms with Gasteiger partial charge in [-0.3, -0.25) is 0 Å². The average molecular weight is 256 g/mol. The maximum atomic E-state index is 12.1. The number of carbonyl (C=O) groups excluding carboxylic acids is 1. The van der Waals surface area contributed by atoms with Crippen molar-refractivity contribution in [2.45, 2.75) is 72.8 Å². The van der Waals surface area contributed by atoms with E-state index in [4.69, 9.17) is 0 Å². The van der Waals surface area contributed by atoms with Gasteiger partial charge in [0.2, 0.25) is 0 Å². The van der Waals surface area contributed by atoms with Crippen molar-refractivity contribution in [3.8, 4) is 0 Å². The van der Waals surface area contributed by atoms with Crippen LogP contribution in [-0.4, -0.2) is 30.1 Å². The van der Waals surface area contributed by atoms with Gasteiger partial charge in [-0.15, -0.1) is 0 Å². The second-order valence-corrected chi connectivity index (χ2v) is 5.44. The SMILES string of the molecule is CCCCCC(CC)N(CC(C)C)C(=O)NCC. The van der Waals surface area contributed by atoms with E-state index in [-0.39, 0.29) is 6.03 Å². The molecule has 1 atom stereocenters. The van der Waals surface area contributed by atoms with Crippen molar-refractivity contribution >= 4 is 6.03 Å². The topological polar surface area (TPSA) is 32.3 Å². The highest BCUT2D eigenvalue weighted by Gasteiger charge is 2.22. The Balaban J connectivity index is 4.50. The fourth-order valence-corrected chi connectivity index (χ4v) is 2.25. The number of nitrogens with one attached hydrogen (secondary N) is 1. The largest absolute Gasteiger partial charge is 0.338 e. The maximum absolute atomic E-state index is 12.1. The first-order valence-corrected chi connectivity index (χ1v) is 7.61. The number of unbranched alkanes of at least 4 members (excludes halogenated alkanes) is 2. The van der Waals surface area contributed by atoms with Crippen molar-refractivity contribution in [1.29, 1.82) is 0 Å². The minimum Gasteiger partial charge on any atom is -0.338 e. The molecule has 18 heavy (non-hydrogen) atoms. The number of urea groups is 1. The summed E-state index contributed by atoms with van der Waals surface area (Å²) < 4.78 is 0. The van der Waals surface area contributed by atoms with Crippen LogP contribution in [0.1, 0.15) is 66.7 Å². The second kappa shape index (κ2) is 10.2. The van der Waals surface area contributed by atoms with Gasteiger partial charge in [0.15, 0.2) is 0 Å². The summed E-state index contributed by atoms with van der Waals surface area (Å²) in [6, 6.07) is 0.500. The van der Waals surface area contributed by atoms with Gasteiger partial charge in [0, 0.05) is 19.1 Å². The molecule has 0 aromatic heterocycles. The third kappa shape index (κ3) is 6.87. The van der Waals surface area contributed by atoms with Crippen molar-refractivity contribution in [3.05, 3.63) is 0 Å². The highest BCUT2D eigenvalue weighted by molar-refractivity contribution is 5.74. The Morgan fingerprint density at radius 2 is 1.83 bits per heavy atom. The van der Waals surface area contributed by atoms with Gasteiger partial charge in [-0.05, 0) is 25.7 Å². The van der Waals surface area contributed by atoms with Gasteiger partial charge in [0.1, 0.15) is 0 Å². The summed E-state index contributed by atoms with van der Waals surface area (Å²) >= 11 is 0. The van der Waals surface area contributed by atoms with Crippen molar-refractivity contribution < 1.29 is 4.79 Å². The Kier molecular flexibility index (Phi) is 9.80. The molecule has 0 bridgehead atoms.